The predicted molar refractivity (Wildman–Crippen MR) is 105 cm³/mol. The molecule has 0 aliphatic rings. The van der Waals surface area contributed by atoms with E-state index in [0.717, 1.165) is 22.5 Å². The number of aliphatic imine (C=N–C) groups is 1. The Morgan fingerprint density at radius 1 is 1.00 bits per heavy atom. The molecule has 0 atom stereocenters. The van der Waals surface area contributed by atoms with E-state index in [-0.39, 0.29) is 12.5 Å². The highest BCUT2D eigenvalue weighted by Crippen LogP contribution is 2.15. The van der Waals surface area contributed by atoms with Gasteiger partial charge in [-0.25, -0.2) is 0 Å². The summed E-state index contributed by atoms with van der Waals surface area (Å²) >= 11 is 0. The van der Waals surface area contributed by atoms with Gasteiger partial charge in [-0.1, -0.05) is 42.5 Å². The zero-order chi connectivity index (χ0) is 18.2. The molecule has 3 aromatic rings. The molecule has 0 spiro atoms. The minimum Gasteiger partial charge on any atom is -0.484 e. The third-order valence-corrected chi connectivity index (χ3v) is 3.65. The zero-order valence-electron chi connectivity index (χ0n) is 14.6. The molecule has 0 bridgehead atoms. The van der Waals surface area contributed by atoms with Gasteiger partial charge in [0, 0.05) is 11.9 Å². The van der Waals surface area contributed by atoms with E-state index in [4.69, 9.17) is 4.74 Å². The van der Waals surface area contributed by atoms with Gasteiger partial charge in [0.2, 0.25) is 0 Å². The Hall–Kier alpha value is -3.40. The minimum absolute atomic E-state index is 0.0484. The molecule has 0 saturated carbocycles. The Labute approximate surface area is 153 Å². The number of nitrogens with zero attached hydrogens (tertiary/aromatic N) is 1. The maximum atomic E-state index is 12.0. The summed E-state index contributed by atoms with van der Waals surface area (Å²) in [5.41, 5.74) is 3.65. The third kappa shape index (κ3) is 5.31. The lowest BCUT2D eigenvalue weighted by atomic mass is 10.2. The van der Waals surface area contributed by atoms with Crippen molar-refractivity contribution in [3.63, 3.8) is 0 Å². The molecule has 0 aliphatic heterocycles. The monoisotopic (exact) mass is 344 g/mol. The highest BCUT2D eigenvalue weighted by molar-refractivity contribution is 5.92. The summed E-state index contributed by atoms with van der Waals surface area (Å²) in [6.45, 7) is 1.93. The second kappa shape index (κ2) is 8.62. The smallest absolute Gasteiger partial charge is 0.262 e. The molecule has 3 aromatic carbocycles. The molecule has 0 aliphatic carbocycles. The number of carbonyl (C=O) groups is 1. The van der Waals surface area contributed by atoms with Gasteiger partial charge in [-0.3, -0.25) is 9.79 Å². The summed E-state index contributed by atoms with van der Waals surface area (Å²) < 4.78 is 5.59. The first-order chi connectivity index (χ1) is 12.7. The van der Waals surface area contributed by atoms with Crippen molar-refractivity contribution < 1.29 is 9.53 Å². The Morgan fingerprint density at radius 3 is 2.62 bits per heavy atom. The number of ether oxygens (including phenoxy) is 1. The molecule has 0 fully saturated rings. The summed E-state index contributed by atoms with van der Waals surface area (Å²) in [6.07, 6.45) is 1.77. The first-order valence-electron chi connectivity index (χ1n) is 8.37. The first kappa shape index (κ1) is 17.4. The number of benzene rings is 3. The average Bonchev–Trinajstić information content (AvgIpc) is 2.66. The lowest BCUT2D eigenvalue weighted by molar-refractivity contribution is -0.118. The van der Waals surface area contributed by atoms with Crippen molar-refractivity contribution in [2.24, 2.45) is 4.99 Å². The van der Waals surface area contributed by atoms with E-state index >= 15 is 0 Å². The summed E-state index contributed by atoms with van der Waals surface area (Å²) in [7, 11) is 0. The van der Waals surface area contributed by atoms with Gasteiger partial charge in [-0.15, -0.1) is 0 Å². The maximum Gasteiger partial charge on any atom is 0.262 e. The van der Waals surface area contributed by atoms with E-state index in [1.165, 1.54) is 0 Å². The quantitative estimate of drug-likeness (QED) is 0.655. The summed E-state index contributed by atoms with van der Waals surface area (Å²) in [5.74, 6) is 0.431. The van der Waals surface area contributed by atoms with Crippen molar-refractivity contribution in [2.45, 2.75) is 6.92 Å². The van der Waals surface area contributed by atoms with Gasteiger partial charge in [0.15, 0.2) is 6.61 Å². The molecule has 4 heteroatoms. The van der Waals surface area contributed by atoms with Crippen molar-refractivity contribution >= 4 is 23.5 Å². The van der Waals surface area contributed by atoms with Crippen LogP contribution in [0.25, 0.3) is 0 Å². The molecule has 0 saturated heterocycles. The molecule has 3 rings (SSSR count). The van der Waals surface area contributed by atoms with Crippen molar-refractivity contribution in [3.8, 4) is 5.75 Å². The molecule has 1 N–H and O–H groups in total. The largest absolute Gasteiger partial charge is 0.484 e. The van der Waals surface area contributed by atoms with Crippen molar-refractivity contribution in [1.82, 2.24) is 0 Å². The molecule has 4 nitrogen and oxygen atoms in total. The van der Waals surface area contributed by atoms with Crippen LogP contribution in [0.3, 0.4) is 0 Å². The molecule has 1 amide bonds. The first-order valence-corrected chi connectivity index (χ1v) is 8.37. The number of amides is 1. The molecule has 0 aromatic heterocycles. The summed E-state index contributed by atoms with van der Waals surface area (Å²) in [6, 6.07) is 24.9. The normalized spacial score (nSPS) is 10.7. The molecule has 26 heavy (non-hydrogen) atoms. The topological polar surface area (TPSA) is 50.7 Å². The van der Waals surface area contributed by atoms with Crippen molar-refractivity contribution in [2.75, 3.05) is 11.9 Å². The fraction of sp³-hybridized carbons (Fsp3) is 0.0909. The number of aryl methyl sites for hydroxylation is 1. The summed E-state index contributed by atoms with van der Waals surface area (Å²) in [4.78, 5) is 16.4. The Morgan fingerprint density at radius 2 is 1.81 bits per heavy atom. The predicted octanol–water partition coefficient (Wildman–Crippen LogP) is 4.76. The SMILES string of the molecule is Cc1cccc(NC(=O)COc2cccc(C=Nc3ccccc3)c2)c1. The van der Waals surface area contributed by atoms with Crippen LogP contribution in [-0.2, 0) is 4.79 Å². The minimum atomic E-state index is -0.195. The number of hydrogen-bond acceptors (Lipinski definition) is 3. The van der Waals surface area contributed by atoms with Crippen LogP contribution in [0.1, 0.15) is 11.1 Å². The van der Waals surface area contributed by atoms with E-state index in [0.29, 0.717) is 5.75 Å². The second-order valence-electron chi connectivity index (χ2n) is 5.87. The van der Waals surface area contributed by atoms with Crippen molar-refractivity contribution in [3.05, 3.63) is 90.0 Å². The zero-order valence-corrected chi connectivity index (χ0v) is 14.6. The number of rotatable bonds is 6. The highest BCUT2D eigenvalue weighted by Gasteiger charge is 2.04. The van der Waals surface area contributed by atoms with E-state index < -0.39 is 0 Å². The molecular weight excluding hydrogens is 324 g/mol. The Balaban J connectivity index is 1.57. The number of anilines is 1. The van der Waals surface area contributed by atoms with E-state index in [1.807, 2.05) is 85.8 Å². The molecule has 0 heterocycles. The number of para-hydroxylation sites is 1. The Bertz CT molecular complexity index is 905. The molecular formula is C22H20N2O2. The van der Waals surface area contributed by atoms with Gasteiger partial charge in [0.1, 0.15) is 5.75 Å². The van der Waals surface area contributed by atoms with Gasteiger partial charge in [0.25, 0.3) is 5.91 Å². The van der Waals surface area contributed by atoms with Crippen LogP contribution in [-0.4, -0.2) is 18.7 Å². The fourth-order valence-corrected chi connectivity index (χ4v) is 2.42. The van der Waals surface area contributed by atoms with Crippen LogP contribution in [0.4, 0.5) is 11.4 Å². The second-order valence-corrected chi connectivity index (χ2v) is 5.87. The number of nitrogens with one attached hydrogen (secondary N) is 1. The van der Waals surface area contributed by atoms with Crippen LogP contribution in [0, 0.1) is 6.92 Å². The van der Waals surface area contributed by atoms with E-state index in [2.05, 4.69) is 10.3 Å². The van der Waals surface area contributed by atoms with Crippen molar-refractivity contribution in [1.29, 1.82) is 0 Å². The van der Waals surface area contributed by atoms with E-state index in [1.54, 1.807) is 6.21 Å². The maximum absolute atomic E-state index is 12.0. The van der Waals surface area contributed by atoms with Crippen LogP contribution in [0.2, 0.25) is 0 Å². The van der Waals surface area contributed by atoms with Crippen LogP contribution in [0.15, 0.2) is 83.9 Å². The van der Waals surface area contributed by atoms with Gasteiger partial charge >= 0.3 is 0 Å². The lowest BCUT2D eigenvalue weighted by Gasteiger charge is -2.08. The van der Waals surface area contributed by atoms with Gasteiger partial charge in [0.05, 0.1) is 5.69 Å². The number of hydrogen-bond donors (Lipinski definition) is 1. The number of carbonyl (C=O) groups excluding carboxylic acids is 1. The fourth-order valence-electron chi connectivity index (χ4n) is 2.42. The van der Waals surface area contributed by atoms with E-state index in [9.17, 15) is 4.79 Å². The Kier molecular flexibility index (Phi) is 5.78. The molecule has 0 unspecified atom stereocenters. The molecule has 0 radical (unpaired) electrons. The lowest BCUT2D eigenvalue weighted by Crippen LogP contribution is -2.20. The van der Waals surface area contributed by atoms with Gasteiger partial charge in [-0.2, -0.15) is 0 Å². The molecule has 130 valence electrons. The van der Waals surface area contributed by atoms with Gasteiger partial charge < -0.3 is 10.1 Å². The highest BCUT2D eigenvalue weighted by atomic mass is 16.5. The van der Waals surface area contributed by atoms with Crippen LogP contribution < -0.4 is 10.1 Å². The average molecular weight is 344 g/mol. The van der Waals surface area contributed by atoms with Gasteiger partial charge in [-0.05, 0) is 54.4 Å². The third-order valence-electron chi connectivity index (χ3n) is 3.65. The summed E-state index contributed by atoms with van der Waals surface area (Å²) in [5, 5.41) is 2.82. The van der Waals surface area contributed by atoms with Crippen LogP contribution in [0.5, 0.6) is 5.75 Å². The van der Waals surface area contributed by atoms with Crippen LogP contribution >= 0.6 is 0 Å². The standard InChI is InChI=1S/C22H20N2O2/c1-17-7-5-11-20(13-17)24-22(25)16-26-21-12-6-8-18(14-21)15-23-19-9-3-2-4-10-19/h2-15H,16H2,1H3,(H,24,25).